The minimum atomic E-state index is 0.624. The maximum Gasteiger partial charge on any atom is 0.233 e. The summed E-state index contributed by atoms with van der Waals surface area (Å²) in [7, 11) is 0. The lowest BCUT2D eigenvalue weighted by Crippen LogP contribution is -2.23. The Morgan fingerprint density at radius 3 is 2.50 bits per heavy atom. The van der Waals surface area contributed by atoms with E-state index >= 15 is 0 Å². The molecule has 0 aromatic heterocycles. The lowest BCUT2D eigenvalue weighted by Gasteiger charge is -2.14. The number of carbonyl (C=O) groups is 1. The Kier molecular flexibility index (Phi) is 6.18. The van der Waals surface area contributed by atoms with Gasteiger partial charge in [-0.05, 0) is 12.8 Å². The predicted molar refractivity (Wildman–Crippen MR) is 39.3 cm³/mol. The van der Waals surface area contributed by atoms with Gasteiger partial charge in [0.15, 0.2) is 0 Å². The van der Waals surface area contributed by atoms with E-state index in [0.29, 0.717) is 13.2 Å². The van der Waals surface area contributed by atoms with E-state index in [0.717, 1.165) is 19.3 Å². The molecular weight excluding hydrogens is 130 g/mol. The topological polar surface area (TPSA) is 29.5 Å². The number of nitrogens with zero attached hydrogens (tertiary/aromatic N) is 1. The Morgan fingerprint density at radius 1 is 1.40 bits per heavy atom. The van der Waals surface area contributed by atoms with Crippen LogP contribution in [0, 0.1) is 0 Å². The van der Waals surface area contributed by atoms with Crippen molar-refractivity contribution < 1.29 is 9.63 Å². The first-order valence-electron chi connectivity index (χ1n) is 3.70. The first kappa shape index (κ1) is 9.43. The van der Waals surface area contributed by atoms with Crippen molar-refractivity contribution in [3.63, 3.8) is 0 Å². The summed E-state index contributed by atoms with van der Waals surface area (Å²) in [5, 5.41) is 1.34. The molecule has 0 spiro atoms. The molecule has 0 atom stereocenters. The maximum atomic E-state index is 10.2. The van der Waals surface area contributed by atoms with E-state index in [-0.39, 0.29) is 0 Å². The van der Waals surface area contributed by atoms with Gasteiger partial charge < -0.3 is 0 Å². The zero-order chi connectivity index (χ0) is 7.82. The molecule has 0 heterocycles. The molecule has 0 aliphatic heterocycles. The molecule has 0 saturated carbocycles. The van der Waals surface area contributed by atoms with Crippen molar-refractivity contribution in [1.82, 2.24) is 5.06 Å². The standard InChI is InChI=1S/C7H15NO2/c1-3-5-8(7-9)10-6-4-2/h7H,3-6H2,1-2H3. The summed E-state index contributed by atoms with van der Waals surface area (Å²) in [6, 6.07) is 0. The second kappa shape index (κ2) is 6.55. The molecule has 0 N–H and O–H groups in total. The largest absolute Gasteiger partial charge is 0.276 e. The van der Waals surface area contributed by atoms with Gasteiger partial charge in [-0.1, -0.05) is 13.8 Å². The van der Waals surface area contributed by atoms with Crippen LogP contribution in [0.3, 0.4) is 0 Å². The normalized spacial score (nSPS) is 9.40. The number of hydrogen-bond acceptors (Lipinski definition) is 2. The first-order valence-corrected chi connectivity index (χ1v) is 3.70. The molecule has 0 bridgehead atoms. The fourth-order valence-electron chi connectivity index (χ4n) is 0.577. The zero-order valence-electron chi connectivity index (χ0n) is 6.67. The first-order chi connectivity index (χ1) is 4.85. The minimum absolute atomic E-state index is 0.624. The Labute approximate surface area is 61.9 Å². The molecule has 0 aliphatic carbocycles. The average Bonchev–Trinajstić information content (AvgIpc) is 1.98. The molecule has 1 amide bonds. The summed E-state index contributed by atoms with van der Waals surface area (Å²) in [6.07, 6.45) is 2.59. The molecule has 3 nitrogen and oxygen atoms in total. The maximum absolute atomic E-state index is 10.2. The third-order valence-corrected chi connectivity index (χ3v) is 1.02. The van der Waals surface area contributed by atoms with E-state index < -0.39 is 0 Å². The van der Waals surface area contributed by atoms with Crippen molar-refractivity contribution in [3.05, 3.63) is 0 Å². The Morgan fingerprint density at radius 2 is 2.10 bits per heavy atom. The van der Waals surface area contributed by atoms with Crippen molar-refractivity contribution in [2.75, 3.05) is 13.2 Å². The zero-order valence-corrected chi connectivity index (χ0v) is 6.67. The molecule has 0 aromatic carbocycles. The molecule has 10 heavy (non-hydrogen) atoms. The van der Waals surface area contributed by atoms with Crippen molar-refractivity contribution in [2.24, 2.45) is 0 Å². The van der Waals surface area contributed by atoms with Gasteiger partial charge in [0.05, 0.1) is 6.61 Å². The molecule has 0 aromatic rings. The van der Waals surface area contributed by atoms with Gasteiger partial charge in [0.1, 0.15) is 0 Å². The number of rotatable bonds is 6. The molecular formula is C7H15NO2. The number of hydroxylamine groups is 2. The van der Waals surface area contributed by atoms with Gasteiger partial charge in [-0.3, -0.25) is 9.63 Å². The fraction of sp³-hybridized carbons (Fsp3) is 0.857. The summed E-state index contributed by atoms with van der Waals surface area (Å²) >= 11 is 0. The Bertz CT molecular complexity index is 85.7. The van der Waals surface area contributed by atoms with Crippen molar-refractivity contribution in [3.8, 4) is 0 Å². The van der Waals surface area contributed by atoms with Crippen molar-refractivity contribution in [1.29, 1.82) is 0 Å². The number of amides is 1. The van der Waals surface area contributed by atoms with Crippen LogP contribution < -0.4 is 0 Å². The Hall–Kier alpha value is -0.570. The van der Waals surface area contributed by atoms with Crippen LogP contribution >= 0.6 is 0 Å². The van der Waals surface area contributed by atoms with E-state index in [9.17, 15) is 4.79 Å². The monoisotopic (exact) mass is 145 g/mol. The summed E-state index contributed by atoms with van der Waals surface area (Å²) in [5.74, 6) is 0. The lowest BCUT2D eigenvalue weighted by atomic mass is 10.5. The highest BCUT2D eigenvalue weighted by Gasteiger charge is 1.96. The lowest BCUT2D eigenvalue weighted by molar-refractivity contribution is -0.172. The van der Waals surface area contributed by atoms with Crippen LogP contribution in [0.5, 0.6) is 0 Å². The third kappa shape index (κ3) is 4.32. The van der Waals surface area contributed by atoms with E-state index in [2.05, 4.69) is 0 Å². The summed E-state index contributed by atoms with van der Waals surface area (Å²) in [4.78, 5) is 15.2. The van der Waals surface area contributed by atoms with Crippen LogP contribution in [0.2, 0.25) is 0 Å². The van der Waals surface area contributed by atoms with E-state index in [1.54, 1.807) is 0 Å². The second-order valence-corrected chi connectivity index (χ2v) is 2.08. The fourth-order valence-corrected chi connectivity index (χ4v) is 0.577. The summed E-state index contributed by atoms with van der Waals surface area (Å²) < 4.78 is 0. The summed E-state index contributed by atoms with van der Waals surface area (Å²) in [6.45, 7) is 5.32. The molecule has 0 saturated heterocycles. The Balaban J connectivity index is 3.29. The van der Waals surface area contributed by atoms with E-state index in [1.807, 2.05) is 13.8 Å². The van der Waals surface area contributed by atoms with Gasteiger partial charge in [-0.25, -0.2) is 5.06 Å². The molecule has 0 aliphatic rings. The highest BCUT2D eigenvalue weighted by atomic mass is 16.7. The molecule has 3 heteroatoms. The molecule has 0 fully saturated rings. The highest BCUT2D eigenvalue weighted by Crippen LogP contribution is 1.89. The smallest absolute Gasteiger partial charge is 0.233 e. The quantitative estimate of drug-likeness (QED) is 0.415. The van der Waals surface area contributed by atoms with Gasteiger partial charge in [0.2, 0.25) is 6.41 Å². The van der Waals surface area contributed by atoms with E-state index in [1.165, 1.54) is 5.06 Å². The molecule has 0 rings (SSSR count). The molecule has 0 unspecified atom stereocenters. The average molecular weight is 145 g/mol. The van der Waals surface area contributed by atoms with Crippen LogP contribution in [0.25, 0.3) is 0 Å². The van der Waals surface area contributed by atoms with Crippen LogP contribution in [-0.4, -0.2) is 24.6 Å². The van der Waals surface area contributed by atoms with Crippen molar-refractivity contribution >= 4 is 6.41 Å². The second-order valence-electron chi connectivity index (χ2n) is 2.08. The highest BCUT2D eigenvalue weighted by molar-refractivity contribution is 5.44. The van der Waals surface area contributed by atoms with Gasteiger partial charge in [-0.2, -0.15) is 0 Å². The number of hydrogen-bond donors (Lipinski definition) is 0. The van der Waals surface area contributed by atoms with Crippen molar-refractivity contribution in [2.45, 2.75) is 26.7 Å². The molecule has 60 valence electrons. The van der Waals surface area contributed by atoms with E-state index in [4.69, 9.17) is 4.84 Å². The van der Waals surface area contributed by atoms with Crippen LogP contribution in [0.15, 0.2) is 0 Å². The van der Waals surface area contributed by atoms with Gasteiger partial charge in [-0.15, -0.1) is 0 Å². The third-order valence-electron chi connectivity index (χ3n) is 1.02. The van der Waals surface area contributed by atoms with Crippen LogP contribution in [0.1, 0.15) is 26.7 Å². The SMILES string of the molecule is CCCON(C=O)CCC. The number of carbonyl (C=O) groups excluding carboxylic acids is 1. The van der Waals surface area contributed by atoms with Crippen LogP contribution in [-0.2, 0) is 9.63 Å². The van der Waals surface area contributed by atoms with Crippen LogP contribution in [0.4, 0.5) is 0 Å². The molecule has 0 radical (unpaired) electrons. The summed E-state index contributed by atoms with van der Waals surface area (Å²) in [5.41, 5.74) is 0. The van der Waals surface area contributed by atoms with Gasteiger partial charge >= 0.3 is 0 Å². The predicted octanol–water partition coefficient (Wildman–Crippen LogP) is 1.20. The van der Waals surface area contributed by atoms with Gasteiger partial charge in [0.25, 0.3) is 0 Å². The van der Waals surface area contributed by atoms with Gasteiger partial charge in [0, 0.05) is 6.54 Å². The minimum Gasteiger partial charge on any atom is -0.276 e.